The van der Waals surface area contributed by atoms with Crippen LogP contribution in [0.2, 0.25) is 0 Å². The van der Waals surface area contributed by atoms with Gasteiger partial charge in [-0.1, -0.05) is 6.08 Å². The van der Waals surface area contributed by atoms with Gasteiger partial charge in [-0.25, -0.2) is 4.79 Å². The minimum atomic E-state index is -0.581. The first-order chi connectivity index (χ1) is 12.4. The summed E-state index contributed by atoms with van der Waals surface area (Å²) in [6.45, 7) is 5.18. The topological polar surface area (TPSA) is 105 Å². The summed E-state index contributed by atoms with van der Waals surface area (Å²) in [5, 5.41) is 19.6. The lowest BCUT2D eigenvalue weighted by atomic mass is 10.1. The van der Waals surface area contributed by atoms with Crippen molar-refractivity contribution in [2.45, 2.75) is 13.5 Å². The van der Waals surface area contributed by atoms with Crippen LogP contribution in [-0.4, -0.2) is 29.0 Å². The molecule has 1 aromatic heterocycles. The third-order valence-corrected chi connectivity index (χ3v) is 3.79. The molecule has 26 heavy (non-hydrogen) atoms. The van der Waals surface area contributed by atoms with E-state index in [0.717, 1.165) is 4.57 Å². The fourth-order valence-corrected chi connectivity index (χ4v) is 2.36. The number of hydrogen-bond donors (Lipinski definition) is 1. The van der Waals surface area contributed by atoms with Crippen LogP contribution in [0.1, 0.15) is 27.0 Å². The van der Waals surface area contributed by atoms with Crippen LogP contribution in [0.15, 0.2) is 46.7 Å². The number of carbonyl (C=O) groups is 1. The second-order valence-electron chi connectivity index (χ2n) is 5.35. The molecule has 7 heteroatoms. The maximum Gasteiger partial charge on any atom is 0.337 e. The van der Waals surface area contributed by atoms with E-state index in [9.17, 15) is 20.0 Å². The fourth-order valence-electron chi connectivity index (χ4n) is 2.36. The van der Waals surface area contributed by atoms with E-state index in [2.05, 4.69) is 16.3 Å². The minimum Gasteiger partial charge on any atom is -0.494 e. The Labute approximate surface area is 150 Å². The predicted octanol–water partition coefficient (Wildman–Crippen LogP) is 2.46. The smallest absolute Gasteiger partial charge is 0.337 e. The summed E-state index contributed by atoms with van der Waals surface area (Å²) in [5.41, 5.74) is 0.868. The molecule has 0 bridgehead atoms. The molecule has 1 aromatic carbocycles. The zero-order chi connectivity index (χ0) is 19.3. The number of aromatic nitrogens is 1. The lowest BCUT2D eigenvalue weighted by Gasteiger charge is -2.12. The van der Waals surface area contributed by atoms with Crippen molar-refractivity contribution in [1.29, 1.82) is 5.26 Å². The largest absolute Gasteiger partial charge is 0.494 e. The Morgan fingerprint density at radius 3 is 2.62 bits per heavy atom. The van der Waals surface area contributed by atoms with Crippen molar-refractivity contribution in [3.63, 3.8) is 0 Å². The van der Waals surface area contributed by atoms with E-state index in [1.807, 2.05) is 6.07 Å². The van der Waals surface area contributed by atoms with E-state index >= 15 is 0 Å². The van der Waals surface area contributed by atoms with Crippen LogP contribution >= 0.6 is 0 Å². The third kappa shape index (κ3) is 3.54. The lowest BCUT2D eigenvalue weighted by Crippen LogP contribution is -2.24. The van der Waals surface area contributed by atoms with Crippen molar-refractivity contribution in [1.82, 2.24) is 4.57 Å². The summed E-state index contributed by atoms with van der Waals surface area (Å²) in [6.07, 6.45) is 2.82. The van der Waals surface area contributed by atoms with Crippen molar-refractivity contribution in [3.8, 4) is 11.9 Å². The van der Waals surface area contributed by atoms with Crippen LogP contribution < -0.4 is 5.56 Å². The van der Waals surface area contributed by atoms with Gasteiger partial charge in [0.25, 0.3) is 5.56 Å². The highest BCUT2D eigenvalue weighted by Gasteiger charge is 2.17. The number of ether oxygens (including phenoxy) is 1. The van der Waals surface area contributed by atoms with Gasteiger partial charge in [-0.15, -0.1) is 6.58 Å². The monoisotopic (exact) mass is 351 g/mol. The summed E-state index contributed by atoms with van der Waals surface area (Å²) in [4.78, 5) is 27.9. The van der Waals surface area contributed by atoms with E-state index in [-0.39, 0.29) is 23.6 Å². The maximum atomic E-state index is 12.2. The number of methoxy groups -OCH3 is 1. The van der Waals surface area contributed by atoms with Gasteiger partial charge in [0.05, 0.1) is 23.9 Å². The number of carbonyl (C=O) groups excluding carboxylic acids is 1. The molecular weight excluding hydrogens is 334 g/mol. The molecule has 0 amide bonds. The molecule has 132 valence electrons. The number of aliphatic imine (C=N–C) groups is 1. The summed E-state index contributed by atoms with van der Waals surface area (Å²) in [6, 6.07) is 8.21. The molecule has 2 aromatic rings. The van der Waals surface area contributed by atoms with Crippen LogP contribution in [-0.2, 0) is 11.3 Å². The van der Waals surface area contributed by atoms with E-state index in [4.69, 9.17) is 0 Å². The summed E-state index contributed by atoms with van der Waals surface area (Å²) < 4.78 is 5.68. The van der Waals surface area contributed by atoms with Gasteiger partial charge in [0.2, 0.25) is 5.88 Å². The van der Waals surface area contributed by atoms with E-state index in [1.165, 1.54) is 19.4 Å². The second-order valence-corrected chi connectivity index (χ2v) is 5.35. The molecule has 0 aliphatic rings. The van der Waals surface area contributed by atoms with Gasteiger partial charge in [-0.05, 0) is 36.8 Å². The zero-order valence-corrected chi connectivity index (χ0v) is 14.4. The van der Waals surface area contributed by atoms with Gasteiger partial charge in [0, 0.05) is 12.8 Å². The molecule has 1 N–H and O–H groups in total. The van der Waals surface area contributed by atoms with Gasteiger partial charge in [0.15, 0.2) is 0 Å². The number of hydrogen-bond acceptors (Lipinski definition) is 6. The molecule has 0 unspecified atom stereocenters. The summed E-state index contributed by atoms with van der Waals surface area (Å²) in [7, 11) is 1.30. The normalized spacial score (nSPS) is 10.5. The number of nitrogens with zero attached hydrogens (tertiary/aromatic N) is 3. The van der Waals surface area contributed by atoms with Crippen molar-refractivity contribution in [2.24, 2.45) is 4.99 Å². The quantitative estimate of drug-likeness (QED) is 0.506. The van der Waals surface area contributed by atoms with Gasteiger partial charge in [-0.3, -0.25) is 14.4 Å². The fraction of sp³-hybridized carbons (Fsp3) is 0.158. The van der Waals surface area contributed by atoms with Crippen LogP contribution in [0.25, 0.3) is 0 Å². The van der Waals surface area contributed by atoms with Crippen molar-refractivity contribution in [3.05, 3.63) is 69.5 Å². The van der Waals surface area contributed by atoms with Gasteiger partial charge < -0.3 is 9.84 Å². The van der Waals surface area contributed by atoms with Gasteiger partial charge >= 0.3 is 5.97 Å². The number of esters is 1. The van der Waals surface area contributed by atoms with Gasteiger partial charge in [-0.2, -0.15) is 5.26 Å². The molecule has 0 aliphatic heterocycles. The van der Waals surface area contributed by atoms with Crippen molar-refractivity contribution < 1.29 is 14.6 Å². The van der Waals surface area contributed by atoms with E-state index in [0.29, 0.717) is 16.8 Å². The number of nitriles is 1. The lowest BCUT2D eigenvalue weighted by molar-refractivity contribution is 0.0601. The average molecular weight is 351 g/mol. The third-order valence-electron chi connectivity index (χ3n) is 3.79. The predicted molar refractivity (Wildman–Crippen MR) is 97.1 cm³/mol. The number of pyridine rings is 1. The molecule has 0 atom stereocenters. The highest BCUT2D eigenvalue weighted by atomic mass is 16.5. The molecular formula is C19H17N3O4. The number of benzene rings is 1. The SMILES string of the molecule is C=CCn1c(O)c(C=Nc2ccc(C(=O)OC)cc2)c(C)c(C#N)c1=O. The summed E-state index contributed by atoms with van der Waals surface area (Å²) >= 11 is 0. The minimum absolute atomic E-state index is 0.0628. The van der Waals surface area contributed by atoms with Crippen LogP contribution in [0.3, 0.4) is 0 Å². The van der Waals surface area contributed by atoms with Crippen LogP contribution in [0.5, 0.6) is 5.88 Å². The van der Waals surface area contributed by atoms with Crippen molar-refractivity contribution >= 4 is 17.9 Å². The Hall–Kier alpha value is -3.66. The maximum absolute atomic E-state index is 12.2. The molecule has 7 nitrogen and oxygen atoms in total. The molecule has 0 saturated heterocycles. The Morgan fingerprint density at radius 2 is 2.08 bits per heavy atom. The molecule has 0 aliphatic carbocycles. The standard InChI is InChI=1S/C19H17N3O4/c1-4-9-22-17(23)15(10-20)12(2)16(18(22)24)11-21-14-7-5-13(6-8-14)19(25)26-3/h4-8,11,24H,1,9H2,2-3H3. The molecule has 2 rings (SSSR count). The highest BCUT2D eigenvalue weighted by Crippen LogP contribution is 2.21. The number of allylic oxidation sites excluding steroid dienone is 1. The first-order valence-electron chi connectivity index (χ1n) is 7.64. The van der Waals surface area contributed by atoms with Crippen LogP contribution in [0.4, 0.5) is 5.69 Å². The highest BCUT2D eigenvalue weighted by molar-refractivity contribution is 5.90. The summed E-state index contributed by atoms with van der Waals surface area (Å²) in [5.74, 6) is -0.745. The second kappa shape index (κ2) is 7.94. The number of aromatic hydroxyl groups is 1. The van der Waals surface area contributed by atoms with E-state index < -0.39 is 11.5 Å². The first kappa shape index (κ1) is 18.7. The Morgan fingerprint density at radius 1 is 1.42 bits per heavy atom. The Kier molecular flexibility index (Phi) is 5.71. The molecule has 0 fully saturated rings. The molecule has 0 saturated carbocycles. The Bertz CT molecular complexity index is 980. The first-order valence-corrected chi connectivity index (χ1v) is 7.64. The molecule has 0 radical (unpaired) electrons. The van der Waals surface area contributed by atoms with E-state index in [1.54, 1.807) is 31.2 Å². The average Bonchev–Trinajstić information content (AvgIpc) is 2.65. The van der Waals surface area contributed by atoms with Crippen molar-refractivity contribution in [2.75, 3.05) is 7.11 Å². The Balaban J connectivity index is 2.49. The van der Waals surface area contributed by atoms with Gasteiger partial charge in [0.1, 0.15) is 11.6 Å². The van der Waals surface area contributed by atoms with Crippen LogP contribution in [0, 0.1) is 18.3 Å². The molecule has 1 heterocycles. The zero-order valence-electron chi connectivity index (χ0n) is 14.4. The number of rotatable bonds is 5. The molecule has 0 spiro atoms.